The zero-order valence-electron chi connectivity index (χ0n) is 10.8. The summed E-state index contributed by atoms with van der Waals surface area (Å²) in [7, 11) is 0. The van der Waals surface area contributed by atoms with Crippen LogP contribution >= 0.6 is 0 Å². The average Bonchev–Trinajstić information content (AvgIpc) is 3.09. The average molecular weight is 258 g/mol. The summed E-state index contributed by atoms with van der Waals surface area (Å²) in [6.07, 6.45) is 3.95. The lowest BCUT2D eigenvalue weighted by atomic mass is 10.2. The molecule has 2 aromatic rings. The zero-order valence-corrected chi connectivity index (χ0v) is 10.8. The van der Waals surface area contributed by atoms with Crippen LogP contribution in [0.1, 0.15) is 18.7 Å². The molecule has 3 rings (SSSR count). The molecule has 0 amide bonds. The van der Waals surface area contributed by atoms with Crippen molar-refractivity contribution >= 4 is 0 Å². The molecule has 1 saturated heterocycles. The number of benzene rings is 1. The van der Waals surface area contributed by atoms with E-state index >= 15 is 0 Å². The van der Waals surface area contributed by atoms with Crippen molar-refractivity contribution in [2.45, 2.75) is 25.4 Å². The van der Waals surface area contributed by atoms with Gasteiger partial charge < -0.3 is 5.11 Å². The lowest BCUT2D eigenvalue weighted by molar-refractivity contribution is 0.151. The van der Waals surface area contributed by atoms with Gasteiger partial charge in [0.05, 0.1) is 18.8 Å². The second-order valence-electron chi connectivity index (χ2n) is 4.89. The molecule has 1 aliphatic rings. The summed E-state index contributed by atoms with van der Waals surface area (Å²) in [5.41, 5.74) is 1.02. The smallest absolute Gasteiger partial charge is 0.165 e. The van der Waals surface area contributed by atoms with E-state index in [4.69, 9.17) is 0 Å². The number of hydrogen-bond acceptors (Lipinski definition) is 4. The van der Waals surface area contributed by atoms with E-state index in [1.54, 1.807) is 11.0 Å². The number of aliphatic hydroxyl groups excluding tert-OH is 1. The summed E-state index contributed by atoms with van der Waals surface area (Å²) < 4.78 is 1.79. The highest BCUT2D eigenvalue weighted by molar-refractivity contribution is 5.29. The van der Waals surface area contributed by atoms with Gasteiger partial charge >= 0.3 is 0 Å². The Morgan fingerprint density at radius 3 is 2.89 bits per heavy atom. The molecule has 5 nitrogen and oxygen atoms in total. The second kappa shape index (κ2) is 5.50. The Morgan fingerprint density at radius 1 is 1.26 bits per heavy atom. The molecular formula is C14H18N4O. The predicted molar refractivity (Wildman–Crippen MR) is 71.9 cm³/mol. The molecule has 0 aliphatic carbocycles. The minimum Gasteiger partial charge on any atom is -0.395 e. The molecule has 19 heavy (non-hydrogen) atoms. The van der Waals surface area contributed by atoms with Gasteiger partial charge in [0.25, 0.3) is 0 Å². The van der Waals surface area contributed by atoms with Gasteiger partial charge in [-0.1, -0.05) is 18.2 Å². The molecule has 1 aromatic carbocycles. The summed E-state index contributed by atoms with van der Waals surface area (Å²) in [6, 6.07) is 10.2. The van der Waals surface area contributed by atoms with Gasteiger partial charge in [-0.05, 0) is 31.5 Å². The maximum atomic E-state index is 9.31. The van der Waals surface area contributed by atoms with Crippen LogP contribution < -0.4 is 0 Å². The standard InChI is InChI=1S/C14H18N4O/c19-10-13-7-4-8-17(13)9-14-15-11-18(16-14)12-5-2-1-3-6-12/h1-3,5-6,11,13,19H,4,7-10H2/t13-/m1/s1. The summed E-state index contributed by atoms with van der Waals surface area (Å²) in [5, 5.41) is 13.8. The molecule has 1 aromatic heterocycles. The van der Waals surface area contributed by atoms with Gasteiger partial charge in [0.2, 0.25) is 0 Å². The molecule has 0 saturated carbocycles. The second-order valence-corrected chi connectivity index (χ2v) is 4.89. The Labute approximate surface area is 112 Å². The zero-order chi connectivity index (χ0) is 13.1. The molecular weight excluding hydrogens is 240 g/mol. The first-order valence-corrected chi connectivity index (χ1v) is 6.67. The van der Waals surface area contributed by atoms with Gasteiger partial charge in [-0.2, -0.15) is 0 Å². The van der Waals surface area contributed by atoms with Gasteiger partial charge in [0.1, 0.15) is 6.33 Å². The number of rotatable bonds is 4. The van der Waals surface area contributed by atoms with Crippen LogP contribution in [-0.4, -0.2) is 44.0 Å². The summed E-state index contributed by atoms with van der Waals surface area (Å²) in [5.74, 6) is 0.809. The minimum absolute atomic E-state index is 0.222. The van der Waals surface area contributed by atoms with E-state index in [1.807, 2.05) is 30.3 Å². The fraction of sp³-hybridized carbons (Fsp3) is 0.429. The van der Waals surface area contributed by atoms with E-state index in [-0.39, 0.29) is 12.6 Å². The molecule has 1 N–H and O–H groups in total. The van der Waals surface area contributed by atoms with Crippen LogP contribution in [0.2, 0.25) is 0 Å². The van der Waals surface area contributed by atoms with Crippen molar-refractivity contribution in [1.82, 2.24) is 19.7 Å². The Morgan fingerprint density at radius 2 is 2.11 bits per heavy atom. The van der Waals surface area contributed by atoms with Gasteiger partial charge in [0.15, 0.2) is 5.82 Å². The van der Waals surface area contributed by atoms with Gasteiger partial charge in [0, 0.05) is 6.04 Å². The van der Waals surface area contributed by atoms with E-state index < -0.39 is 0 Å². The third kappa shape index (κ3) is 2.67. The van der Waals surface area contributed by atoms with Crippen molar-refractivity contribution in [3.05, 3.63) is 42.5 Å². The Bertz CT molecular complexity index is 525. The third-order valence-corrected chi connectivity index (χ3v) is 3.61. The van der Waals surface area contributed by atoms with Crippen molar-refractivity contribution < 1.29 is 5.11 Å². The van der Waals surface area contributed by atoms with Crippen molar-refractivity contribution in [3.8, 4) is 5.69 Å². The first-order chi connectivity index (χ1) is 9.36. The van der Waals surface area contributed by atoms with Crippen LogP contribution in [0, 0.1) is 0 Å². The number of aromatic nitrogens is 3. The molecule has 5 heteroatoms. The van der Waals surface area contributed by atoms with Crippen molar-refractivity contribution in [2.24, 2.45) is 0 Å². The van der Waals surface area contributed by atoms with Crippen LogP contribution in [0.3, 0.4) is 0 Å². The van der Waals surface area contributed by atoms with Crippen molar-refractivity contribution in [2.75, 3.05) is 13.2 Å². The van der Waals surface area contributed by atoms with Crippen LogP contribution in [0.25, 0.3) is 5.69 Å². The first kappa shape index (κ1) is 12.3. The monoisotopic (exact) mass is 258 g/mol. The highest BCUT2D eigenvalue weighted by Gasteiger charge is 2.24. The van der Waals surface area contributed by atoms with Crippen LogP contribution in [-0.2, 0) is 6.54 Å². The Hall–Kier alpha value is -1.72. The molecule has 0 spiro atoms. The number of aliphatic hydroxyl groups is 1. The SMILES string of the molecule is OC[C@H]1CCCN1Cc1ncn(-c2ccccc2)n1. The summed E-state index contributed by atoms with van der Waals surface area (Å²) >= 11 is 0. The molecule has 0 unspecified atom stereocenters. The maximum Gasteiger partial charge on any atom is 0.165 e. The van der Waals surface area contributed by atoms with E-state index in [1.165, 1.54) is 0 Å². The minimum atomic E-state index is 0.222. The Balaban J connectivity index is 1.72. The quantitative estimate of drug-likeness (QED) is 0.896. The number of nitrogens with zero attached hydrogens (tertiary/aromatic N) is 4. The summed E-state index contributed by atoms with van der Waals surface area (Å²) in [4.78, 5) is 6.61. The lowest BCUT2D eigenvalue weighted by Crippen LogP contribution is -2.32. The Kier molecular flexibility index (Phi) is 3.57. The van der Waals surface area contributed by atoms with E-state index in [0.29, 0.717) is 6.54 Å². The van der Waals surface area contributed by atoms with Gasteiger partial charge in [-0.3, -0.25) is 4.90 Å². The highest BCUT2D eigenvalue weighted by Crippen LogP contribution is 2.18. The summed E-state index contributed by atoms with van der Waals surface area (Å²) in [6.45, 7) is 1.95. The molecule has 1 aliphatic heterocycles. The highest BCUT2D eigenvalue weighted by atomic mass is 16.3. The molecule has 1 atom stereocenters. The van der Waals surface area contributed by atoms with Crippen LogP contribution in [0.15, 0.2) is 36.7 Å². The van der Waals surface area contributed by atoms with Gasteiger partial charge in [-0.25, -0.2) is 9.67 Å². The first-order valence-electron chi connectivity index (χ1n) is 6.67. The fourth-order valence-electron chi connectivity index (χ4n) is 2.57. The van der Waals surface area contributed by atoms with Crippen LogP contribution in [0.5, 0.6) is 0 Å². The van der Waals surface area contributed by atoms with Gasteiger partial charge in [-0.15, -0.1) is 5.10 Å². The van der Waals surface area contributed by atoms with E-state index in [9.17, 15) is 5.11 Å². The third-order valence-electron chi connectivity index (χ3n) is 3.61. The van der Waals surface area contributed by atoms with E-state index in [2.05, 4.69) is 15.0 Å². The molecule has 0 bridgehead atoms. The lowest BCUT2D eigenvalue weighted by Gasteiger charge is -2.20. The number of hydrogen-bond donors (Lipinski definition) is 1. The van der Waals surface area contributed by atoms with Crippen molar-refractivity contribution in [1.29, 1.82) is 0 Å². The fourth-order valence-corrected chi connectivity index (χ4v) is 2.57. The van der Waals surface area contributed by atoms with Crippen molar-refractivity contribution in [3.63, 3.8) is 0 Å². The number of para-hydroxylation sites is 1. The molecule has 100 valence electrons. The largest absolute Gasteiger partial charge is 0.395 e. The molecule has 1 fully saturated rings. The normalized spacial score (nSPS) is 19.9. The topological polar surface area (TPSA) is 54.2 Å². The predicted octanol–water partition coefficient (Wildman–Crippen LogP) is 1.22. The molecule has 2 heterocycles. The maximum absolute atomic E-state index is 9.31. The van der Waals surface area contributed by atoms with E-state index in [0.717, 1.165) is 30.9 Å². The number of likely N-dealkylation sites (tertiary alicyclic amines) is 1. The van der Waals surface area contributed by atoms with Crippen LogP contribution in [0.4, 0.5) is 0 Å². The molecule has 0 radical (unpaired) electrons.